The second kappa shape index (κ2) is 7.81. The molecule has 2 fully saturated rings. The molecular formula is C16H30N4O2. The number of hydrogen-bond acceptors (Lipinski definition) is 3. The van der Waals surface area contributed by atoms with E-state index < -0.39 is 0 Å². The average Bonchev–Trinajstić information content (AvgIpc) is 2.56. The van der Waals surface area contributed by atoms with Gasteiger partial charge in [0.25, 0.3) is 0 Å². The molecular weight excluding hydrogens is 280 g/mol. The molecule has 0 aromatic heterocycles. The van der Waals surface area contributed by atoms with Crippen molar-refractivity contribution in [3.05, 3.63) is 0 Å². The lowest BCUT2D eigenvalue weighted by molar-refractivity contribution is -0.135. The van der Waals surface area contributed by atoms with Gasteiger partial charge in [0.05, 0.1) is 0 Å². The number of urea groups is 1. The Kier molecular flexibility index (Phi) is 6.06. The molecule has 22 heavy (non-hydrogen) atoms. The maximum atomic E-state index is 12.6. The average molecular weight is 310 g/mol. The maximum absolute atomic E-state index is 12.6. The van der Waals surface area contributed by atoms with Gasteiger partial charge in [0.1, 0.15) is 0 Å². The van der Waals surface area contributed by atoms with Gasteiger partial charge in [-0.05, 0) is 31.7 Å². The topological polar surface area (TPSA) is 78.7 Å². The molecule has 0 radical (unpaired) electrons. The van der Waals surface area contributed by atoms with Crippen LogP contribution in [0.1, 0.15) is 45.4 Å². The van der Waals surface area contributed by atoms with Gasteiger partial charge >= 0.3 is 6.03 Å². The van der Waals surface area contributed by atoms with Crippen molar-refractivity contribution in [3.8, 4) is 0 Å². The van der Waals surface area contributed by atoms with Crippen LogP contribution in [0.5, 0.6) is 0 Å². The fourth-order valence-electron chi connectivity index (χ4n) is 3.61. The van der Waals surface area contributed by atoms with E-state index in [1.807, 2.05) is 11.8 Å². The van der Waals surface area contributed by atoms with E-state index in [2.05, 4.69) is 5.32 Å². The lowest BCUT2D eigenvalue weighted by Crippen LogP contribution is -2.54. The third-order valence-corrected chi connectivity index (χ3v) is 5.12. The zero-order chi connectivity index (χ0) is 16.0. The van der Waals surface area contributed by atoms with Gasteiger partial charge in [0, 0.05) is 39.1 Å². The molecule has 0 unspecified atom stereocenters. The molecule has 126 valence electrons. The van der Waals surface area contributed by atoms with E-state index in [9.17, 15) is 9.59 Å². The Bertz CT molecular complexity index is 386. The van der Waals surface area contributed by atoms with E-state index in [0.29, 0.717) is 45.7 Å². The van der Waals surface area contributed by atoms with E-state index in [1.165, 1.54) is 19.3 Å². The Hall–Kier alpha value is -1.30. The SMILES string of the molecule is CCNC(=O)N1CCN(C(=O)CC2(CN)CCCCC2)CC1. The van der Waals surface area contributed by atoms with Gasteiger partial charge < -0.3 is 20.9 Å². The van der Waals surface area contributed by atoms with Crippen LogP contribution in [0.2, 0.25) is 0 Å². The third kappa shape index (κ3) is 4.12. The van der Waals surface area contributed by atoms with Crippen LogP contribution in [0.15, 0.2) is 0 Å². The number of hydrogen-bond donors (Lipinski definition) is 2. The van der Waals surface area contributed by atoms with E-state index in [0.717, 1.165) is 12.8 Å². The number of carbonyl (C=O) groups is 2. The lowest BCUT2D eigenvalue weighted by atomic mass is 9.71. The first-order chi connectivity index (χ1) is 10.6. The maximum Gasteiger partial charge on any atom is 0.317 e. The fourth-order valence-corrected chi connectivity index (χ4v) is 3.61. The Balaban J connectivity index is 1.83. The minimum atomic E-state index is -0.0275. The van der Waals surface area contributed by atoms with Crippen LogP contribution in [-0.2, 0) is 4.79 Å². The summed E-state index contributed by atoms with van der Waals surface area (Å²) in [4.78, 5) is 28.1. The Morgan fingerprint density at radius 1 is 1.05 bits per heavy atom. The summed E-state index contributed by atoms with van der Waals surface area (Å²) in [7, 11) is 0. The van der Waals surface area contributed by atoms with Crippen molar-refractivity contribution in [3.63, 3.8) is 0 Å². The first-order valence-electron chi connectivity index (χ1n) is 8.61. The van der Waals surface area contributed by atoms with Gasteiger partial charge in [0.2, 0.25) is 5.91 Å². The third-order valence-electron chi connectivity index (χ3n) is 5.12. The van der Waals surface area contributed by atoms with Gasteiger partial charge in [-0.25, -0.2) is 4.79 Å². The predicted octanol–water partition coefficient (Wildman–Crippen LogP) is 1.16. The van der Waals surface area contributed by atoms with Crippen LogP contribution >= 0.6 is 0 Å². The highest BCUT2D eigenvalue weighted by atomic mass is 16.2. The molecule has 6 heteroatoms. The highest BCUT2D eigenvalue weighted by Crippen LogP contribution is 2.38. The molecule has 3 amide bonds. The second-order valence-electron chi connectivity index (χ2n) is 6.64. The zero-order valence-electron chi connectivity index (χ0n) is 13.8. The molecule has 0 atom stereocenters. The van der Waals surface area contributed by atoms with E-state index in [4.69, 9.17) is 5.73 Å². The van der Waals surface area contributed by atoms with Crippen molar-refractivity contribution in [2.75, 3.05) is 39.3 Å². The molecule has 0 bridgehead atoms. The summed E-state index contributed by atoms with van der Waals surface area (Å²) >= 11 is 0. The number of amides is 3. The van der Waals surface area contributed by atoms with Crippen molar-refractivity contribution in [2.45, 2.75) is 45.4 Å². The fraction of sp³-hybridized carbons (Fsp3) is 0.875. The number of nitrogens with one attached hydrogen (secondary N) is 1. The molecule has 3 N–H and O–H groups in total. The highest BCUT2D eigenvalue weighted by molar-refractivity contribution is 5.78. The molecule has 0 spiro atoms. The van der Waals surface area contributed by atoms with Crippen molar-refractivity contribution >= 4 is 11.9 Å². The largest absolute Gasteiger partial charge is 0.339 e. The van der Waals surface area contributed by atoms with Crippen LogP contribution in [0.3, 0.4) is 0 Å². The van der Waals surface area contributed by atoms with Gasteiger partial charge in [0.15, 0.2) is 0 Å². The van der Waals surface area contributed by atoms with Crippen molar-refractivity contribution in [2.24, 2.45) is 11.1 Å². The van der Waals surface area contributed by atoms with Crippen LogP contribution in [0.25, 0.3) is 0 Å². The molecule has 2 aliphatic rings. The molecule has 1 saturated carbocycles. The van der Waals surface area contributed by atoms with Gasteiger partial charge in [-0.1, -0.05) is 19.3 Å². The quantitative estimate of drug-likeness (QED) is 0.818. The van der Waals surface area contributed by atoms with Crippen molar-refractivity contribution in [1.29, 1.82) is 0 Å². The lowest BCUT2D eigenvalue weighted by Gasteiger charge is -2.39. The smallest absolute Gasteiger partial charge is 0.317 e. The normalized spacial score (nSPS) is 21.5. The second-order valence-corrected chi connectivity index (χ2v) is 6.64. The first-order valence-corrected chi connectivity index (χ1v) is 8.61. The molecule has 0 aromatic carbocycles. The zero-order valence-corrected chi connectivity index (χ0v) is 13.8. The highest BCUT2D eigenvalue weighted by Gasteiger charge is 2.35. The molecule has 0 aromatic rings. The summed E-state index contributed by atoms with van der Waals surface area (Å²) < 4.78 is 0. The van der Waals surface area contributed by atoms with Crippen LogP contribution in [0, 0.1) is 5.41 Å². The summed E-state index contributed by atoms with van der Waals surface area (Å²) in [6, 6.07) is -0.0275. The summed E-state index contributed by atoms with van der Waals surface area (Å²) in [5.74, 6) is 0.211. The van der Waals surface area contributed by atoms with Gasteiger partial charge in [-0.15, -0.1) is 0 Å². The number of nitrogens with two attached hydrogens (primary N) is 1. The van der Waals surface area contributed by atoms with E-state index in [1.54, 1.807) is 4.90 Å². The Labute approximate surface area is 133 Å². The molecule has 1 saturated heterocycles. The van der Waals surface area contributed by atoms with Gasteiger partial charge in [-0.3, -0.25) is 4.79 Å². The minimum Gasteiger partial charge on any atom is -0.339 e. The Morgan fingerprint density at radius 2 is 1.64 bits per heavy atom. The summed E-state index contributed by atoms with van der Waals surface area (Å²) in [6.07, 6.45) is 6.37. The Morgan fingerprint density at radius 3 is 2.18 bits per heavy atom. The van der Waals surface area contributed by atoms with Crippen molar-refractivity contribution in [1.82, 2.24) is 15.1 Å². The van der Waals surface area contributed by atoms with E-state index in [-0.39, 0.29) is 17.4 Å². The molecule has 1 heterocycles. The molecule has 1 aliphatic heterocycles. The number of piperazine rings is 1. The number of rotatable bonds is 4. The van der Waals surface area contributed by atoms with E-state index >= 15 is 0 Å². The monoisotopic (exact) mass is 310 g/mol. The molecule has 1 aliphatic carbocycles. The summed E-state index contributed by atoms with van der Waals surface area (Å²) in [6.45, 7) is 5.66. The van der Waals surface area contributed by atoms with Crippen LogP contribution in [-0.4, -0.2) is 61.0 Å². The molecule has 2 rings (SSSR count). The standard InChI is InChI=1S/C16H30N4O2/c1-2-18-15(22)20-10-8-19(9-11-20)14(21)12-16(13-17)6-4-3-5-7-16/h2-13,17H2,1H3,(H,18,22). The number of nitrogens with zero attached hydrogens (tertiary/aromatic N) is 2. The minimum absolute atomic E-state index is 0.0199. The summed E-state index contributed by atoms with van der Waals surface area (Å²) in [5.41, 5.74) is 6.00. The van der Waals surface area contributed by atoms with Crippen molar-refractivity contribution < 1.29 is 9.59 Å². The first kappa shape index (κ1) is 17.1. The predicted molar refractivity (Wildman–Crippen MR) is 86.4 cm³/mol. The number of carbonyl (C=O) groups excluding carboxylic acids is 2. The van der Waals surface area contributed by atoms with Gasteiger partial charge in [-0.2, -0.15) is 0 Å². The van der Waals surface area contributed by atoms with Crippen LogP contribution in [0.4, 0.5) is 4.79 Å². The summed E-state index contributed by atoms with van der Waals surface area (Å²) in [5, 5.41) is 2.81. The van der Waals surface area contributed by atoms with Crippen LogP contribution < -0.4 is 11.1 Å². The molecule has 6 nitrogen and oxygen atoms in total.